The van der Waals surface area contributed by atoms with Gasteiger partial charge in [0.15, 0.2) is 6.29 Å². The van der Waals surface area contributed by atoms with Gasteiger partial charge in [-0.15, -0.1) is 0 Å². The lowest BCUT2D eigenvalue weighted by Crippen LogP contribution is -2.24. The topological polar surface area (TPSA) is 148 Å². The summed E-state index contributed by atoms with van der Waals surface area (Å²) in [4.78, 5) is 0. The highest BCUT2D eigenvalue weighted by Crippen LogP contribution is 2.03. The summed E-state index contributed by atoms with van der Waals surface area (Å²) in [6.07, 6.45) is 0.106. The van der Waals surface area contributed by atoms with Gasteiger partial charge in [0, 0.05) is 27.8 Å². The van der Waals surface area contributed by atoms with Crippen molar-refractivity contribution in [2.45, 2.75) is 12.7 Å². The van der Waals surface area contributed by atoms with Crippen molar-refractivity contribution in [2.75, 3.05) is 187 Å². The predicted octanol–water partition coefficient (Wildman–Crippen LogP) is 0.392. The Bertz CT molecular complexity index is 536. The van der Waals surface area contributed by atoms with E-state index in [0.717, 1.165) is 0 Å². The second-order valence-electron chi connectivity index (χ2n) is 9.29. The van der Waals surface area contributed by atoms with Crippen LogP contribution in [0.15, 0.2) is 0 Å². The van der Waals surface area contributed by atoms with Crippen molar-refractivity contribution in [3.8, 4) is 0 Å². The zero-order valence-electron chi connectivity index (χ0n) is 29.1. The molecule has 0 N–H and O–H groups in total. The molecule has 1 radical (unpaired) electrons. The van der Waals surface area contributed by atoms with Crippen molar-refractivity contribution in [1.29, 1.82) is 0 Å². The van der Waals surface area contributed by atoms with E-state index < -0.39 is 6.29 Å². The minimum absolute atomic E-state index is 0.369. The van der Waals surface area contributed by atoms with Crippen LogP contribution >= 0.6 is 0 Å². The van der Waals surface area contributed by atoms with E-state index in [0.29, 0.717) is 172 Å². The van der Waals surface area contributed by atoms with Crippen LogP contribution in [0.25, 0.3) is 0 Å². The van der Waals surface area contributed by atoms with Gasteiger partial charge < -0.3 is 75.6 Å². The van der Waals surface area contributed by atoms with E-state index in [1.54, 1.807) is 21.3 Å². The van der Waals surface area contributed by atoms with Crippen molar-refractivity contribution in [1.82, 2.24) is 0 Å². The van der Waals surface area contributed by atoms with Gasteiger partial charge in [-0.3, -0.25) is 0 Å². The minimum Gasteiger partial charge on any atom is -0.411 e. The van der Waals surface area contributed by atoms with Gasteiger partial charge >= 0.3 is 7.69 Å². The van der Waals surface area contributed by atoms with Crippen LogP contribution in [-0.4, -0.2) is 200 Å². The zero-order chi connectivity index (χ0) is 34.0. The van der Waals surface area contributed by atoms with Crippen molar-refractivity contribution in [3.63, 3.8) is 0 Å². The van der Waals surface area contributed by atoms with Crippen molar-refractivity contribution in [2.24, 2.45) is 0 Å². The average molecular weight is 690 g/mol. The molecule has 281 valence electrons. The number of rotatable bonds is 43. The van der Waals surface area contributed by atoms with Crippen LogP contribution in [-0.2, 0) is 75.6 Å². The third-order valence-electron chi connectivity index (χ3n) is 5.54. The molecule has 0 amide bonds. The van der Waals surface area contributed by atoms with Crippen LogP contribution in [0.1, 0.15) is 6.42 Å². The first kappa shape index (κ1) is 46.4. The lowest BCUT2D eigenvalue weighted by Gasteiger charge is -2.19. The van der Waals surface area contributed by atoms with E-state index in [4.69, 9.17) is 75.6 Å². The van der Waals surface area contributed by atoms with Gasteiger partial charge in [-0.2, -0.15) is 0 Å². The van der Waals surface area contributed by atoms with Crippen LogP contribution in [0.2, 0.25) is 0 Å². The highest BCUT2D eigenvalue weighted by molar-refractivity contribution is 6.17. The first-order valence-electron chi connectivity index (χ1n) is 16.3. The smallest absolute Gasteiger partial charge is 0.411 e. The van der Waals surface area contributed by atoms with Gasteiger partial charge in [-0.05, 0) is 0 Å². The maximum absolute atomic E-state index is 5.84. The fourth-order valence-electron chi connectivity index (χ4n) is 3.16. The third-order valence-corrected chi connectivity index (χ3v) is 5.54. The molecule has 47 heavy (non-hydrogen) atoms. The Kier molecular flexibility index (Phi) is 42.9. The summed E-state index contributed by atoms with van der Waals surface area (Å²) in [6.45, 7) is 12.0. The van der Waals surface area contributed by atoms with Gasteiger partial charge in [0.1, 0.15) is 0 Å². The third kappa shape index (κ3) is 41.5. The Morgan fingerprint density at radius 3 is 0.872 bits per heavy atom. The maximum Gasteiger partial charge on any atom is 0.488 e. The minimum atomic E-state index is -0.446. The van der Waals surface area contributed by atoms with Crippen LogP contribution in [0.5, 0.6) is 0 Å². The van der Waals surface area contributed by atoms with Crippen LogP contribution < -0.4 is 0 Å². The molecule has 0 spiro atoms. The monoisotopic (exact) mass is 689 g/mol. The number of ether oxygens (including phenoxy) is 14. The van der Waals surface area contributed by atoms with Crippen molar-refractivity contribution in [3.05, 3.63) is 0 Å². The molecular weight excluding hydrogens is 627 g/mol. The van der Waals surface area contributed by atoms with Gasteiger partial charge in [-0.25, -0.2) is 0 Å². The predicted molar refractivity (Wildman–Crippen MR) is 171 cm³/mol. The second kappa shape index (κ2) is 43.4. The summed E-state index contributed by atoms with van der Waals surface area (Å²) in [6, 6.07) is 0. The molecule has 16 nitrogen and oxygen atoms in total. The average Bonchev–Trinajstić information content (AvgIpc) is 3.08. The first-order chi connectivity index (χ1) is 23.3. The molecule has 0 unspecified atom stereocenters. The fourth-order valence-corrected chi connectivity index (χ4v) is 3.16. The summed E-state index contributed by atoms with van der Waals surface area (Å²) in [5.41, 5.74) is 0. The molecule has 0 aromatic rings. The number of methoxy groups -OCH3 is 3. The molecule has 0 saturated carbocycles. The molecule has 0 aromatic heterocycles. The van der Waals surface area contributed by atoms with Gasteiger partial charge in [0.2, 0.25) is 0 Å². The largest absolute Gasteiger partial charge is 0.488 e. The Morgan fingerprint density at radius 2 is 0.553 bits per heavy atom. The first-order valence-corrected chi connectivity index (χ1v) is 16.3. The normalized spacial score (nSPS) is 11.7. The highest BCUT2D eigenvalue weighted by Gasteiger charge is 2.10. The SMILES string of the molecule is COCCOCCOCCOCCO[B]OCCOCCOCCC(OCCOCCOCCOC)OCCOCCOCCOC. The standard InChI is InChI=1S/C30H62BO16/c1-32-6-9-36-14-17-39-18-21-43-25-29-47-31-46-28-24-42-13-12-35-5-4-30(44-26-22-40-19-15-37-10-7-33-2)45-27-23-41-20-16-38-11-8-34-3/h30H,4-29H2,1-3H3. The van der Waals surface area contributed by atoms with Gasteiger partial charge in [-0.1, -0.05) is 0 Å². The van der Waals surface area contributed by atoms with E-state index in [9.17, 15) is 0 Å². The van der Waals surface area contributed by atoms with Crippen LogP contribution in [0.4, 0.5) is 0 Å². The number of hydrogen-bond donors (Lipinski definition) is 0. The van der Waals surface area contributed by atoms with Gasteiger partial charge in [0.05, 0.1) is 165 Å². The van der Waals surface area contributed by atoms with E-state index in [2.05, 4.69) is 0 Å². The molecule has 0 aliphatic rings. The van der Waals surface area contributed by atoms with E-state index >= 15 is 0 Å². The molecule has 0 fully saturated rings. The molecule has 0 aliphatic carbocycles. The molecule has 0 aromatic carbocycles. The summed E-state index contributed by atoms with van der Waals surface area (Å²) in [5.74, 6) is 0. The van der Waals surface area contributed by atoms with Gasteiger partial charge in [0.25, 0.3) is 0 Å². The Labute approximate surface area is 282 Å². The summed E-state index contributed by atoms with van der Waals surface area (Å²) >= 11 is 0. The van der Waals surface area contributed by atoms with Crippen molar-refractivity contribution < 1.29 is 75.6 Å². The van der Waals surface area contributed by atoms with E-state index in [1.807, 2.05) is 0 Å². The fraction of sp³-hybridized carbons (Fsp3) is 1.00. The van der Waals surface area contributed by atoms with E-state index in [-0.39, 0.29) is 0 Å². The van der Waals surface area contributed by atoms with Crippen LogP contribution in [0.3, 0.4) is 0 Å². The molecular formula is C30H62BO16. The van der Waals surface area contributed by atoms with Crippen LogP contribution in [0, 0.1) is 0 Å². The molecule has 0 heterocycles. The quantitative estimate of drug-likeness (QED) is 0.0494. The molecule has 0 bridgehead atoms. The molecule has 0 aliphatic heterocycles. The Hall–Kier alpha value is -0.575. The summed E-state index contributed by atoms with van der Waals surface area (Å²) < 4.78 is 86.1. The molecule has 0 rings (SSSR count). The zero-order valence-corrected chi connectivity index (χ0v) is 29.1. The second-order valence-corrected chi connectivity index (χ2v) is 9.29. The van der Waals surface area contributed by atoms with E-state index in [1.165, 1.54) is 7.69 Å². The Balaban J connectivity index is 3.69. The lowest BCUT2D eigenvalue weighted by atomic mass is 10.4. The highest BCUT2D eigenvalue weighted by atomic mass is 16.7. The maximum atomic E-state index is 5.84. The Morgan fingerprint density at radius 1 is 0.298 bits per heavy atom. The summed E-state index contributed by atoms with van der Waals surface area (Å²) in [5, 5.41) is 0. The van der Waals surface area contributed by atoms with Crippen molar-refractivity contribution >= 4 is 7.69 Å². The molecule has 0 saturated heterocycles. The summed E-state index contributed by atoms with van der Waals surface area (Å²) in [7, 11) is 6.20. The molecule has 17 heteroatoms. The lowest BCUT2D eigenvalue weighted by molar-refractivity contribution is -0.168. The number of hydrogen-bond acceptors (Lipinski definition) is 16. The molecule has 0 atom stereocenters.